The van der Waals surface area contributed by atoms with Crippen molar-refractivity contribution in [3.8, 4) is 5.75 Å². The van der Waals surface area contributed by atoms with Crippen molar-refractivity contribution in [2.24, 2.45) is 4.99 Å². The number of nitrogens with zero attached hydrogens (tertiary/aromatic N) is 1. The van der Waals surface area contributed by atoms with Gasteiger partial charge in [0.1, 0.15) is 12.4 Å². The molecule has 1 saturated heterocycles. The molecule has 1 amide bonds. The zero-order chi connectivity index (χ0) is 21.8. The number of aliphatic imine (C=N–C) groups is 1. The standard InChI is InChI=1S/C25H21BrN2O2S/c1-16-6-9-20(10-7-16)27-25-28-24(29)23(31-25)14-18-8-11-22(21(26)13-18)30-15-19-5-3-4-17(2)12-19/h3-14H,15H2,1-2H3,(H,27,28,29)/b23-14+. The van der Waals surface area contributed by atoms with Crippen molar-refractivity contribution < 1.29 is 9.53 Å². The lowest BCUT2D eigenvalue weighted by Crippen LogP contribution is -2.19. The molecule has 0 unspecified atom stereocenters. The molecule has 1 fully saturated rings. The number of thioether (sulfide) groups is 1. The Labute approximate surface area is 194 Å². The van der Waals surface area contributed by atoms with E-state index in [1.54, 1.807) is 0 Å². The number of rotatable bonds is 5. The van der Waals surface area contributed by atoms with E-state index in [0.717, 1.165) is 27.0 Å². The number of carbonyl (C=O) groups is 1. The number of hydrogen-bond donors (Lipinski definition) is 1. The smallest absolute Gasteiger partial charge is 0.264 e. The van der Waals surface area contributed by atoms with E-state index in [1.807, 2.05) is 67.6 Å². The zero-order valence-electron chi connectivity index (χ0n) is 17.2. The Hall–Kier alpha value is -2.83. The number of amides is 1. The lowest BCUT2D eigenvalue weighted by molar-refractivity contribution is -0.115. The molecule has 1 N–H and O–H groups in total. The zero-order valence-corrected chi connectivity index (χ0v) is 19.6. The Balaban J connectivity index is 1.45. The van der Waals surface area contributed by atoms with E-state index < -0.39 is 0 Å². The molecule has 4 rings (SSSR count). The van der Waals surface area contributed by atoms with Crippen molar-refractivity contribution >= 4 is 50.5 Å². The predicted molar refractivity (Wildman–Crippen MR) is 132 cm³/mol. The third-order valence-corrected chi connectivity index (χ3v) is 6.18. The Morgan fingerprint density at radius 2 is 1.84 bits per heavy atom. The summed E-state index contributed by atoms with van der Waals surface area (Å²) in [5, 5.41) is 3.41. The van der Waals surface area contributed by atoms with Crippen LogP contribution in [-0.2, 0) is 11.4 Å². The van der Waals surface area contributed by atoms with Crippen LogP contribution >= 0.6 is 27.7 Å². The summed E-state index contributed by atoms with van der Waals surface area (Å²) in [5.74, 6) is 0.612. The number of halogens is 1. The minimum absolute atomic E-state index is 0.147. The van der Waals surface area contributed by atoms with E-state index in [2.05, 4.69) is 45.3 Å². The number of ether oxygens (including phenoxy) is 1. The number of carbonyl (C=O) groups excluding carboxylic acids is 1. The van der Waals surface area contributed by atoms with Crippen LogP contribution in [0.1, 0.15) is 22.3 Å². The molecule has 156 valence electrons. The van der Waals surface area contributed by atoms with Crippen molar-refractivity contribution in [2.75, 3.05) is 0 Å². The lowest BCUT2D eigenvalue weighted by atomic mass is 10.1. The molecule has 0 aromatic heterocycles. The fourth-order valence-corrected chi connectivity index (χ4v) is 4.41. The minimum Gasteiger partial charge on any atom is -0.488 e. The Morgan fingerprint density at radius 3 is 2.58 bits per heavy atom. The summed E-state index contributed by atoms with van der Waals surface area (Å²) in [6, 6.07) is 21.9. The highest BCUT2D eigenvalue weighted by atomic mass is 79.9. The lowest BCUT2D eigenvalue weighted by Gasteiger charge is -2.09. The van der Waals surface area contributed by atoms with Gasteiger partial charge in [0.05, 0.1) is 15.1 Å². The van der Waals surface area contributed by atoms with Gasteiger partial charge < -0.3 is 10.1 Å². The molecule has 6 heteroatoms. The Bertz CT molecular complexity index is 1190. The maximum atomic E-state index is 12.4. The highest BCUT2D eigenvalue weighted by Gasteiger charge is 2.23. The first-order valence-electron chi connectivity index (χ1n) is 9.80. The average molecular weight is 493 g/mol. The van der Waals surface area contributed by atoms with Gasteiger partial charge in [-0.3, -0.25) is 4.79 Å². The summed E-state index contributed by atoms with van der Waals surface area (Å²) in [6.45, 7) is 4.59. The maximum Gasteiger partial charge on any atom is 0.264 e. The molecule has 1 aliphatic heterocycles. The molecule has 1 aliphatic rings. The SMILES string of the molecule is Cc1ccc(N=C2NC(=O)/C(=C\c3ccc(OCc4cccc(C)c4)c(Br)c3)S2)cc1. The van der Waals surface area contributed by atoms with Crippen LogP contribution in [0, 0.1) is 13.8 Å². The van der Waals surface area contributed by atoms with Gasteiger partial charge in [0, 0.05) is 0 Å². The summed E-state index contributed by atoms with van der Waals surface area (Å²) in [6.07, 6.45) is 1.85. The summed E-state index contributed by atoms with van der Waals surface area (Å²) < 4.78 is 6.78. The van der Waals surface area contributed by atoms with E-state index in [1.165, 1.54) is 22.9 Å². The number of hydrogen-bond acceptors (Lipinski definition) is 4. The van der Waals surface area contributed by atoms with Crippen LogP contribution in [0.15, 0.2) is 81.1 Å². The first-order valence-corrected chi connectivity index (χ1v) is 11.4. The van der Waals surface area contributed by atoms with E-state index in [9.17, 15) is 4.79 Å². The minimum atomic E-state index is -0.147. The molecule has 4 nitrogen and oxygen atoms in total. The molecule has 3 aromatic rings. The molecule has 1 heterocycles. The second-order valence-electron chi connectivity index (χ2n) is 7.28. The quantitative estimate of drug-likeness (QED) is 0.411. The van der Waals surface area contributed by atoms with Crippen molar-refractivity contribution in [3.05, 3.63) is 98.4 Å². The molecule has 31 heavy (non-hydrogen) atoms. The monoisotopic (exact) mass is 492 g/mol. The fraction of sp³-hybridized carbons (Fsp3) is 0.120. The number of nitrogens with one attached hydrogen (secondary N) is 1. The van der Waals surface area contributed by atoms with Crippen LogP contribution in [0.2, 0.25) is 0 Å². The van der Waals surface area contributed by atoms with Crippen LogP contribution in [0.4, 0.5) is 5.69 Å². The normalized spacial score (nSPS) is 16.0. The van der Waals surface area contributed by atoms with Crippen molar-refractivity contribution in [1.82, 2.24) is 5.32 Å². The predicted octanol–water partition coefficient (Wildman–Crippen LogP) is 6.54. The molecule has 0 bridgehead atoms. The van der Waals surface area contributed by atoms with Crippen LogP contribution in [0.25, 0.3) is 6.08 Å². The summed E-state index contributed by atoms with van der Waals surface area (Å²) >= 11 is 4.91. The molecule has 0 saturated carbocycles. The summed E-state index contributed by atoms with van der Waals surface area (Å²) in [5.41, 5.74) is 5.22. The highest BCUT2D eigenvalue weighted by molar-refractivity contribution is 9.10. The number of aryl methyl sites for hydroxylation is 2. The largest absolute Gasteiger partial charge is 0.488 e. The first kappa shape index (κ1) is 21.4. The van der Waals surface area contributed by atoms with Crippen molar-refractivity contribution in [3.63, 3.8) is 0 Å². The van der Waals surface area contributed by atoms with Gasteiger partial charge in [-0.15, -0.1) is 0 Å². The molecule has 3 aromatic carbocycles. The van der Waals surface area contributed by atoms with E-state index in [0.29, 0.717) is 16.7 Å². The number of amidine groups is 1. The third kappa shape index (κ3) is 5.66. The number of benzene rings is 3. The van der Waals surface area contributed by atoms with Gasteiger partial charge in [-0.2, -0.15) is 0 Å². The third-order valence-electron chi connectivity index (χ3n) is 4.65. The highest BCUT2D eigenvalue weighted by Crippen LogP contribution is 2.31. The first-order chi connectivity index (χ1) is 15.0. The fourth-order valence-electron chi connectivity index (χ4n) is 3.06. The van der Waals surface area contributed by atoms with Crippen LogP contribution in [0.3, 0.4) is 0 Å². The van der Waals surface area contributed by atoms with Crippen molar-refractivity contribution in [1.29, 1.82) is 0 Å². The molecule has 0 radical (unpaired) electrons. The molecular formula is C25H21BrN2O2S. The topological polar surface area (TPSA) is 50.7 Å². The van der Waals surface area contributed by atoms with Crippen LogP contribution in [0.5, 0.6) is 5.75 Å². The molecule has 0 atom stereocenters. The Morgan fingerprint density at radius 1 is 1.03 bits per heavy atom. The van der Waals surface area contributed by atoms with Gasteiger partial charge in [0.15, 0.2) is 5.17 Å². The Kier molecular flexibility index (Phi) is 6.59. The summed E-state index contributed by atoms with van der Waals surface area (Å²) in [4.78, 5) is 17.5. The molecular weight excluding hydrogens is 472 g/mol. The maximum absolute atomic E-state index is 12.4. The van der Waals surface area contributed by atoms with Crippen molar-refractivity contribution in [2.45, 2.75) is 20.5 Å². The summed E-state index contributed by atoms with van der Waals surface area (Å²) in [7, 11) is 0. The molecule has 0 spiro atoms. The second-order valence-corrected chi connectivity index (χ2v) is 9.17. The van der Waals surface area contributed by atoms with E-state index >= 15 is 0 Å². The average Bonchev–Trinajstić information content (AvgIpc) is 3.08. The van der Waals surface area contributed by atoms with Gasteiger partial charge in [-0.1, -0.05) is 53.6 Å². The van der Waals surface area contributed by atoms with Gasteiger partial charge in [-0.05, 0) is 83.0 Å². The van der Waals surface area contributed by atoms with Gasteiger partial charge >= 0.3 is 0 Å². The van der Waals surface area contributed by atoms with Gasteiger partial charge in [0.25, 0.3) is 5.91 Å². The van der Waals surface area contributed by atoms with Crippen LogP contribution < -0.4 is 10.1 Å². The second kappa shape index (κ2) is 9.54. The van der Waals surface area contributed by atoms with E-state index in [-0.39, 0.29) is 5.91 Å². The molecule has 0 aliphatic carbocycles. The van der Waals surface area contributed by atoms with Crippen LogP contribution in [-0.4, -0.2) is 11.1 Å². The van der Waals surface area contributed by atoms with Gasteiger partial charge in [0.2, 0.25) is 0 Å². The van der Waals surface area contributed by atoms with E-state index in [4.69, 9.17) is 4.74 Å². The van der Waals surface area contributed by atoms with Gasteiger partial charge in [-0.25, -0.2) is 4.99 Å².